The number of aromatic amines is 1. The summed E-state index contributed by atoms with van der Waals surface area (Å²) in [7, 11) is 0. The van der Waals surface area contributed by atoms with E-state index >= 15 is 0 Å². The van der Waals surface area contributed by atoms with Crippen molar-refractivity contribution in [2.45, 2.75) is 5.03 Å². The lowest BCUT2D eigenvalue weighted by molar-refractivity contribution is 1.02. The van der Waals surface area contributed by atoms with Gasteiger partial charge >= 0.3 is 0 Å². The van der Waals surface area contributed by atoms with Gasteiger partial charge in [-0.05, 0) is 24.5 Å². The normalized spacial score (nSPS) is 10.9. The van der Waals surface area contributed by atoms with E-state index in [-0.39, 0.29) is 0 Å². The summed E-state index contributed by atoms with van der Waals surface area (Å²) in [6.45, 7) is 0. The molecule has 0 saturated carbocycles. The van der Waals surface area contributed by atoms with Crippen LogP contribution in [0.3, 0.4) is 0 Å². The van der Waals surface area contributed by atoms with Crippen LogP contribution >= 0.6 is 11.8 Å². The molecule has 0 spiro atoms. The summed E-state index contributed by atoms with van der Waals surface area (Å²) in [6.07, 6.45) is 5.45. The third-order valence-corrected chi connectivity index (χ3v) is 3.03. The van der Waals surface area contributed by atoms with E-state index in [4.69, 9.17) is 0 Å². The SMILES string of the molecule is CSc1ccnc(-c2n[nH]c3ncccc23)n1. The maximum absolute atomic E-state index is 4.43. The van der Waals surface area contributed by atoms with E-state index in [1.807, 2.05) is 24.5 Å². The molecule has 6 heteroatoms. The molecule has 0 unspecified atom stereocenters. The number of hydrogen-bond acceptors (Lipinski definition) is 5. The van der Waals surface area contributed by atoms with Crippen molar-refractivity contribution in [2.75, 3.05) is 6.26 Å². The molecule has 1 N–H and O–H groups in total. The molecule has 0 aromatic carbocycles. The lowest BCUT2D eigenvalue weighted by atomic mass is 10.2. The van der Waals surface area contributed by atoms with Gasteiger partial charge in [-0.3, -0.25) is 5.10 Å². The number of rotatable bonds is 2. The quantitative estimate of drug-likeness (QED) is 0.551. The van der Waals surface area contributed by atoms with E-state index in [0.717, 1.165) is 21.8 Å². The topological polar surface area (TPSA) is 67.3 Å². The van der Waals surface area contributed by atoms with Crippen LogP contribution in [0, 0.1) is 0 Å². The summed E-state index contributed by atoms with van der Waals surface area (Å²) in [6, 6.07) is 5.71. The summed E-state index contributed by atoms with van der Waals surface area (Å²) < 4.78 is 0. The first-order valence-corrected chi connectivity index (χ1v) is 6.27. The molecule has 3 aromatic rings. The van der Waals surface area contributed by atoms with Crippen LogP contribution in [0.1, 0.15) is 0 Å². The Morgan fingerprint density at radius 1 is 1.18 bits per heavy atom. The maximum atomic E-state index is 4.43. The largest absolute Gasteiger partial charge is 0.260 e. The van der Waals surface area contributed by atoms with Crippen molar-refractivity contribution in [3.05, 3.63) is 30.6 Å². The fourth-order valence-corrected chi connectivity index (χ4v) is 1.97. The molecule has 0 aliphatic carbocycles. The highest BCUT2D eigenvalue weighted by Crippen LogP contribution is 2.23. The predicted octanol–water partition coefficient (Wildman–Crippen LogP) is 2.14. The van der Waals surface area contributed by atoms with Crippen LogP contribution in [0.2, 0.25) is 0 Å². The Morgan fingerprint density at radius 2 is 2.12 bits per heavy atom. The number of H-pyrrole nitrogens is 1. The number of pyridine rings is 1. The highest BCUT2D eigenvalue weighted by atomic mass is 32.2. The van der Waals surface area contributed by atoms with E-state index in [0.29, 0.717) is 5.82 Å². The Labute approximate surface area is 102 Å². The number of nitrogens with one attached hydrogen (secondary N) is 1. The van der Waals surface area contributed by atoms with Gasteiger partial charge in [-0.15, -0.1) is 11.8 Å². The van der Waals surface area contributed by atoms with Gasteiger partial charge in [0.1, 0.15) is 5.69 Å². The molecule has 3 heterocycles. The lowest BCUT2D eigenvalue weighted by Crippen LogP contribution is -1.90. The van der Waals surface area contributed by atoms with Crippen LogP contribution in [0.25, 0.3) is 22.6 Å². The lowest BCUT2D eigenvalue weighted by Gasteiger charge is -1.98. The van der Waals surface area contributed by atoms with E-state index in [1.54, 1.807) is 24.2 Å². The first kappa shape index (κ1) is 10.2. The van der Waals surface area contributed by atoms with E-state index < -0.39 is 0 Å². The number of thioether (sulfide) groups is 1. The van der Waals surface area contributed by atoms with Crippen LogP contribution < -0.4 is 0 Å². The molecular weight excluding hydrogens is 234 g/mol. The van der Waals surface area contributed by atoms with Gasteiger partial charge in [0.05, 0.1) is 10.4 Å². The Hall–Kier alpha value is -1.95. The van der Waals surface area contributed by atoms with Crippen LogP contribution in [0.15, 0.2) is 35.6 Å². The average Bonchev–Trinajstić information content (AvgIpc) is 2.82. The van der Waals surface area contributed by atoms with Gasteiger partial charge in [0, 0.05) is 12.4 Å². The number of aromatic nitrogens is 5. The van der Waals surface area contributed by atoms with Gasteiger partial charge < -0.3 is 0 Å². The monoisotopic (exact) mass is 243 g/mol. The minimum Gasteiger partial charge on any atom is -0.260 e. The summed E-state index contributed by atoms with van der Waals surface area (Å²) in [4.78, 5) is 12.9. The molecule has 0 atom stereocenters. The second-order valence-electron chi connectivity index (χ2n) is 3.39. The molecule has 0 saturated heterocycles. The molecule has 3 rings (SSSR count). The number of fused-ring (bicyclic) bond motifs is 1. The molecule has 3 aromatic heterocycles. The molecule has 84 valence electrons. The molecule has 0 aliphatic heterocycles. The summed E-state index contributed by atoms with van der Waals surface area (Å²) in [5, 5.41) is 8.96. The summed E-state index contributed by atoms with van der Waals surface area (Å²) in [5.41, 5.74) is 1.49. The van der Waals surface area contributed by atoms with Crippen molar-refractivity contribution in [3.63, 3.8) is 0 Å². The third kappa shape index (κ3) is 1.76. The minimum atomic E-state index is 0.621. The van der Waals surface area contributed by atoms with E-state index in [9.17, 15) is 0 Å². The van der Waals surface area contributed by atoms with Crippen molar-refractivity contribution in [3.8, 4) is 11.5 Å². The van der Waals surface area contributed by atoms with Crippen molar-refractivity contribution in [2.24, 2.45) is 0 Å². The van der Waals surface area contributed by atoms with Crippen LogP contribution in [0.5, 0.6) is 0 Å². The van der Waals surface area contributed by atoms with Crippen LogP contribution in [-0.4, -0.2) is 31.4 Å². The second-order valence-corrected chi connectivity index (χ2v) is 4.22. The van der Waals surface area contributed by atoms with Gasteiger partial charge in [0.25, 0.3) is 0 Å². The van der Waals surface area contributed by atoms with E-state index in [2.05, 4.69) is 25.1 Å². The number of hydrogen-bond donors (Lipinski definition) is 1. The van der Waals surface area contributed by atoms with Crippen molar-refractivity contribution in [1.29, 1.82) is 0 Å². The first-order chi connectivity index (χ1) is 8.38. The molecule has 0 radical (unpaired) electrons. The molecule has 0 amide bonds. The zero-order chi connectivity index (χ0) is 11.7. The third-order valence-electron chi connectivity index (χ3n) is 2.39. The predicted molar refractivity (Wildman–Crippen MR) is 66.7 cm³/mol. The van der Waals surface area contributed by atoms with Crippen molar-refractivity contribution >= 4 is 22.8 Å². The molecule has 5 nitrogen and oxygen atoms in total. The zero-order valence-electron chi connectivity index (χ0n) is 9.08. The molecular formula is C11H9N5S. The number of nitrogens with zero attached hydrogens (tertiary/aromatic N) is 4. The Balaban J connectivity index is 2.20. The summed E-state index contributed by atoms with van der Waals surface area (Å²) in [5.74, 6) is 0.621. The fraction of sp³-hybridized carbons (Fsp3) is 0.0909. The molecule has 0 bridgehead atoms. The zero-order valence-corrected chi connectivity index (χ0v) is 9.90. The molecule has 0 aliphatic rings. The first-order valence-electron chi connectivity index (χ1n) is 5.05. The van der Waals surface area contributed by atoms with Gasteiger partial charge in [-0.2, -0.15) is 5.10 Å². The Kier molecular flexibility index (Phi) is 2.49. The second kappa shape index (κ2) is 4.14. The average molecular weight is 243 g/mol. The van der Waals surface area contributed by atoms with Gasteiger partial charge in [0.2, 0.25) is 0 Å². The molecule has 17 heavy (non-hydrogen) atoms. The van der Waals surface area contributed by atoms with Crippen LogP contribution in [0.4, 0.5) is 0 Å². The van der Waals surface area contributed by atoms with Gasteiger partial charge in [0.15, 0.2) is 11.5 Å². The highest BCUT2D eigenvalue weighted by molar-refractivity contribution is 7.98. The van der Waals surface area contributed by atoms with Crippen LogP contribution in [-0.2, 0) is 0 Å². The maximum Gasteiger partial charge on any atom is 0.181 e. The minimum absolute atomic E-state index is 0.621. The Bertz CT molecular complexity index is 664. The smallest absolute Gasteiger partial charge is 0.181 e. The summed E-state index contributed by atoms with van der Waals surface area (Å²) >= 11 is 1.58. The highest BCUT2D eigenvalue weighted by Gasteiger charge is 2.11. The van der Waals surface area contributed by atoms with Crippen molar-refractivity contribution < 1.29 is 0 Å². The van der Waals surface area contributed by atoms with Crippen molar-refractivity contribution in [1.82, 2.24) is 25.1 Å². The fourth-order valence-electron chi connectivity index (χ4n) is 1.59. The Morgan fingerprint density at radius 3 is 3.00 bits per heavy atom. The molecule has 0 fully saturated rings. The van der Waals surface area contributed by atoms with E-state index in [1.165, 1.54) is 0 Å². The van der Waals surface area contributed by atoms with Gasteiger partial charge in [-0.25, -0.2) is 15.0 Å². The van der Waals surface area contributed by atoms with Gasteiger partial charge in [-0.1, -0.05) is 0 Å². The standard InChI is InChI=1S/C11H9N5S/c1-17-8-4-6-13-11(14-8)9-7-3-2-5-12-10(7)16-15-9/h2-6H,1H3,(H,12,15,16).